The van der Waals surface area contributed by atoms with Crippen LogP contribution in [-0.4, -0.2) is 23.3 Å². The average molecular weight is 304 g/mol. The van der Waals surface area contributed by atoms with Crippen molar-refractivity contribution in [2.45, 2.75) is 6.92 Å². The zero-order chi connectivity index (χ0) is 15.2. The number of anilines is 1. The van der Waals surface area contributed by atoms with Crippen molar-refractivity contribution in [3.8, 4) is 0 Å². The van der Waals surface area contributed by atoms with Crippen LogP contribution in [0.3, 0.4) is 0 Å². The van der Waals surface area contributed by atoms with E-state index < -0.39 is 5.91 Å². The molecule has 0 aliphatic rings. The van der Waals surface area contributed by atoms with E-state index in [9.17, 15) is 9.59 Å². The standard InChI is InChI=1S/C15H14ClN3O2/c1-10-3-2-4-12(7-10)19-14(20)9-18-15(21)13-8-11(16)5-6-17-13/h2-8H,9H2,1H3,(H,18,21)(H,19,20). The Balaban J connectivity index is 1.88. The summed E-state index contributed by atoms with van der Waals surface area (Å²) in [5, 5.41) is 5.61. The molecule has 2 N–H and O–H groups in total. The molecule has 2 amide bonds. The van der Waals surface area contributed by atoms with Gasteiger partial charge in [0.05, 0.1) is 6.54 Å². The minimum absolute atomic E-state index is 0.138. The maximum atomic E-state index is 11.8. The lowest BCUT2D eigenvalue weighted by Crippen LogP contribution is -2.33. The van der Waals surface area contributed by atoms with Crippen LogP contribution in [0.4, 0.5) is 5.69 Å². The van der Waals surface area contributed by atoms with Gasteiger partial charge < -0.3 is 10.6 Å². The molecule has 0 spiro atoms. The first-order chi connectivity index (χ1) is 10.0. The molecule has 0 radical (unpaired) electrons. The van der Waals surface area contributed by atoms with E-state index in [1.54, 1.807) is 12.1 Å². The first-order valence-corrected chi connectivity index (χ1v) is 6.68. The minimum Gasteiger partial charge on any atom is -0.342 e. The highest BCUT2D eigenvalue weighted by atomic mass is 35.5. The zero-order valence-electron chi connectivity index (χ0n) is 11.4. The third-order valence-electron chi connectivity index (χ3n) is 2.67. The Kier molecular flexibility index (Phi) is 4.90. The van der Waals surface area contributed by atoms with Crippen molar-refractivity contribution in [2.75, 3.05) is 11.9 Å². The van der Waals surface area contributed by atoms with E-state index >= 15 is 0 Å². The van der Waals surface area contributed by atoms with Gasteiger partial charge in [-0.1, -0.05) is 23.7 Å². The number of nitrogens with one attached hydrogen (secondary N) is 2. The second-order valence-corrected chi connectivity index (χ2v) is 4.90. The summed E-state index contributed by atoms with van der Waals surface area (Å²) >= 11 is 5.77. The van der Waals surface area contributed by atoms with Crippen molar-refractivity contribution < 1.29 is 9.59 Å². The molecule has 108 valence electrons. The molecule has 0 aliphatic carbocycles. The van der Waals surface area contributed by atoms with Crippen LogP contribution in [-0.2, 0) is 4.79 Å². The molecule has 0 saturated heterocycles. The van der Waals surface area contributed by atoms with Gasteiger partial charge >= 0.3 is 0 Å². The van der Waals surface area contributed by atoms with Crippen LogP contribution >= 0.6 is 11.6 Å². The van der Waals surface area contributed by atoms with Crippen molar-refractivity contribution in [3.05, 3.63) is 58.9 Å². The van der Waals surface area contributed by atoms with E-state index in [0.717, 1.165) is 5.56 Å². The summed E-state index contributed by atoms with van der Waals surface area (Å²) in [5.41, 5.74) is 1.90. The van der Waals surface area contributed by atoms with Gasteiger partial charge in [0.15, 0.2) is 0 Å². The topological polar surface area (TPSA) is 71.1 Å². The van der Waals surface area contributed by atoms with Gasteiger partial charge in [-0.15, -0.1) is 0 Å². The zero-order valence-corrected chi connectivity index (χ0v) is 12.1. The fourth-order valence-corrected chi connectivity index (χ4v) is 1.87. The monoisotopic (exact) mass is 303 g/mol. The number of aromatic nitrogens is 1. The normalized spacial score (nSPS) is 10.0. The van der Waals surface area contributed by atoms with Crippen LogP contribution in [0.5, 0.6) is 0 Å². The molecule has 2 rings (SSSR count). The number of hydrogen-bond donors (Lipinski definition) is 2. The van der Waals surface area contributed by atoms with E-state index in [1.165, 1.54) is 12.3 Å². The molecular weight excluding hydrogens is 290 g/mol. The number of carbonyl (C=O) groups is 2. The molecule has 1 heterocycles. The summed E-state index contributed by atoms with van der Waals surface area (Å²) in [4.78, 5) is 27.4. The van der Waals surface area contributed by atoms with Gasteiger partial charge in [-0.05, 0) is 36.8 Å². The summed E-state index contributed by atoms with van der Waals surface area (Å²) in [6.45, 7) is 1.79. The highest BCUT2D eigenvalue weighted by Crippen LogP contribution is 2.09. The van der Waals surface area contributed by atoms with E-state index in [0.29, 0.717) is 10.7 Å². The van der Waals surface area contributed by atoms with Crippen LogP contribution in [0.25, 0.3) is 0 Å². The van der Waals surface area contributed by atoms with Crippen molar-refractivity contribution in [1.82, 2.24) is 10.3 Å². The lowest BCUT2D eigenvalue weighted by atomic mass is 10.2. The Morgan fingerprint density at radius 2 is 2.05 bits per heavy atom. The quantitative estimate of drug-likeness (QED) is 0.911. The van der Waals surface area contributed by atoms with Gasteiger partial charge in [-0.2, -0.15) is 0 Å². The third kappa shape index (κ3) is 4.57. The number of amides is 2. The molecule has 5 nitrogen and oxygen atoms in total. The molecular formula is C15H14ClN3O2. The Morgan fingerprint density at radius 1 is 1.24 bits per heavy atom. The van der Waals surface area contributed by atoms with Gasteiger partial charge in [0.25, 0.3) is 5.91 Å². The number of hydrogen-bond acceptors (Lipinski definition) is 3. The molecule has 1 aromatic heterocycles. The van der Waals surface area contributed by atoms with Crippen LogP contribution < -0.4 is 10.6 Å². The van der Waals surface area contributed by atoms with Gasteiger partial charge in [0.1, 0.15) is 5.69 Å². The van der Waals surface area contributed by atoms with Crippen molar-refractivity contribution in [1.29, 1.82) is 0 Å². The number of aryl methyl sites for hydroxylation is 1. The minimum atomic E-state index is -0.447. The number of rotatable bonds is 4. The fraction of sp³-hybridized carbons (Fsp3) is 0.133. The van der Waals surface area contributed by atoms with Gasteiger partial charge in [0.2, 0.25) is 5.91 Å². The van der Waals surface area contributed by atoms with E-state index in [1.807, 2.05) is 25.1 Å². The van der Waals surface area contributed by atoms with Crippen LogP contribution in [0.2, 0.25) is 5.02 Å². The van der Waals surface area contributed by atoms with Crippen molar-refractivity contribution in [3.63, 3.8) is 0 Å². The number of nitrogens with zero attached hydrogens (tertiary/aromatic N) is 1. The van der Waals surface area contributed by atoms with Crippen LogP contribution in [0.1, 0.15) is 16.1 Å². The highest BCUT2D eigenvalue weighted by molar-refractivity contribution is 6.30. The van der Waals surface area contributed by atoms with Crippen LogP contribution in [0, 0.1) is 6.92 Å². The maximum Gasteiger partial charge on any atom is 0.270 e. The van der Waals surface area contributed by atoms with Crippen LogP contribution in [0.15, 0.2) is 42.6 Å². The highest BCUT2D eigenvalue weighted by Gasteiger charge is 2.09. The fourth-order valence-electron chi connectivity index (χ4n) is 1.71. The predicted octanol–water partition coefficient (Wildman–Crippen LogP) is 2.41. The summed E-state index contributed by atoms with van der Waals surface area (Å²) in [5.74, 6) is -0.757. The summed E-state index contributed by atoms with van der Waals surface area (Å²) in [6, 6.07) is 10.4. The summed E-state index contributed by atoms with van der Waals surface area (Å²) < 4.78 is 0. The summed E-state index contributed by atoms with van der Waals surface area (Å²) in [6.07, 6.45) is 1.43. The maximum absolute atomic E-state index is 11.8. The lowest BCUT2D eigenvalue weighted by molar-refractivity contribution is -0.115. The van der Waals surface area contributed by atoms with E-state index in [4.69, 9.17) is 11.6 Å². The Hall–Kier alpha value is -2.40. The predicted molar refractivity (Wildman–Crippen MR) is 81.4 cm³/mol. The summed E-state index contributed by atoms with van der Waals surface area (Å²) in [7, 11) is 0. The largest absolute Gasteiger partial charge is 0.342 e. The molecule has 21 heavy (non-hydrogen) atoms. The lowest BCUT2D eigenvalue weighted by Gasteiger charge is -2.07. The number of pyridine rings is 1. The van der Waals surface area contributed by atoms with E-state index in [-0.39, 0.29) is 18.1 Å². The van der Waals surface area contributed by atoms with Gasteiger partial charge in [-0.25, -0.2) is 0 Å². The molecule has 1 aromatic carbocycles. The number of benzene rings is 1. The first-order valence-electron chi connectivity index (χ1n) is 6.31. The van der Waals surface area contributed by atoms with E-state index in [2.05, 4.69) is 15.6 Å². The average Bonchev–Trinajstić information content (AvgIpc) is 2.45. The molecule has 0 saturated carbocycles. The van der Waals surface area contributed by atoms with Crippen molar-refractivity contribution >= 4 is 29.1 Å². The third-order valence-corrected chi connectivity index (χ3v) is 2.90. The molecule has 0 fully saturated rings. The Labute approximate surface area is 127 Å². The van der Waals surface area contributed by atoms with Gasteiger partial charge in [-0.3, -0.25) is 14.6 Å². The smallest absolute Gasteiger partial charge is 0.270 e. The Bertz CT molecular complexity index is 673. The Morgan fingerprint density at radius 3 is 2.76 bits per heavy atom. The second kappa shape index (κ2) is 6.85. The SMILES string of the molecule is Cc1cccc(NC(=O)CNC(=O)c2cc(Cl)ccn2)c1. The first kappa shape index (κ1) is 15.0. The molecule has 6 heteroatoms. The molecule has 0 bridgehead atoms. The van der Waals surface area contributed by atoms with Gasteiger partial charge in [0, 0.05) is 16.9 Å². The second-order valence-electron chi connectivity index (χ2n) is 4.46. The van der Waals surface area contributed by atoms with Crippen molar-refractivity contribution in [2.24, 2.45) is 0 Å². The molecule has 2 aromatic rings. The number of halogens is 1. The number of carbonyl (C=O) groups excluding carboxylic acids is 2. The molecule has 0 aliphatic heterocycles. The molecule has 0 unspecified atom stereocenters. The molecule has 0 atom stereocenters.